The second-order valence-electron chi connectivity index (χ2n) is 5.45. The van der Waals surface area contributed by atoms with Crippen LogP contribution in [0.5, 0.6) is 0 Å². The summed E-state index contributed by atoms with van der Waals surface area (Å²) in [5, 5.41) is 2.58. The van der Waals surface area contributed by atoms with E-state index in [1.807, 2.05) is 0 Å². The fourth-order valence-corrected chi connectivity index (χ4v) is 2.26. The Kier molecular flexibility index (Phi) is 5.08. The molecule has 1 N–H and O–H groups in total. The SMILES string of the molecule is CC(C)NC(=O)C(=O)N1CCN(C(=O)c2ccncc2)CC1. The lowest BCUT2D eigenvalue weighted by molar-refractivity contribution is -0.147. The Labute approximate surface area is 129 Å². The Bertz CT molecular complexity index is 551. The quantitative estimate of drug-likeness (QED) is 0.773. The van der Waals surface area contributed by atoms with Gasteiger partial charge in [-0.1, -0.05) is 0 Å². The first-order valence-corrected chi connectivity index (χ1v) is 7.28. The van der Waals surface area contributed by atoms with Crippen molar-refractivity contribution in [2.45, 2.75) is 19.9 Å². The van der Waals surface area contributed by atoms with Gasteiger partial charge in [0.05, 0.1) is 0 Å². The van der Waals surface area contributed by atoms with Gasteiger partial charge >= 0.3 is 11.8 Å². The van der Waals surface area contributed by atoms with E-state index in [0.29, 0.717) is 31.7 Å². The molecule has 0 saturated carbocycles. The monoisotopic (exact) mass is 304 g/mol. The molecule has 1 aliphatic rings. The van der Waals surface area contributed by atoms with Gasteiger partial charge in [0.2, 0.25) is 0 Å². The number of carbonyl (C=O) groups excluding carboxylic acids is 3. The molecule has 2 heterocycles. The molecule has 1 saturated heterocycles. The Morgan fingerprint density at radius 2 is 1.59 bits per heavy atom. The van der Waals surface area contributed by atoms with Crippen LogP contribution in [0.4, 0.5) is 0 Å². The molecule has 0 atom stereocenters. The molecule has 0 unspecified atom stereocenters. The summed E-state index contributed by atoms with van der Waals surface area (Å²) >= 11 is 0. The zero-order chi connectivity index (χ0) is 16.1. The van der Waals surface area contributed by atoms with Crippen molar-refractivity contribution in [2.75, 3.05) is 26.2 Å². The van der Waals surface area contributed by atoms with Gasteiger partial charge in [-0.2, -0.15) is 0 Å². The first-order valence-electron chi connectivity index (χ1n) is 7.28. The van der Waals surface area contributed by atoms with Crippen molar-refractivity contribution in [3.05, 3.63) is 30.1 Å². The predicted octanol–water partition coefficient (Wildman–Crippen LogP) is -0.109. The minimum atomic E-state index is -0.594. The fourth-order valence-electron chi connectivity index (χ4n) is 2.26. The van der Waals surface area contributed by atoms with Gasteiger partial charge in [-0.15, -0.1) is 0 Å². The molecule has 0 radical (unpaired) electrons. The molecule has 7 heteroatoms. The highest BCUT2D eigenvalue weighted by Crippen LogP contribution is 2.08. The smallest absolute Gasteiger partial charge is 0.312 e. The highest BCUT2D eigenvalue weighted by Gasteiger charge is 2.28. The van der Waals surface area contributed by atoms with Crippen LogP contribution in [0.3, 0.4) is 0 Å². The van der Waals surface area contributed by atoms with Crippen molar-refractivity contribution >= 4 is 17.7 Å². The Morgan fingerprint density at radius 3 is 2.14 bits per heavy atom. The summed E-state index contributed by atoms with van der Waals surface area (Å²) in [6, 6.07) is 3.25. The third kappa shape index (κ3) is 3.81. The van der Waals surface area contributed by atoms with E-state index >= 15 is 0 Å². The minimum absolute atomic E-state index is 0.0778. The van der Waals surface area contributed by atoms with Crippen LogP contribution in [-0.2, 0) is 9.59 Å². The second-order valence-corrected chi connectivity index (χ2v) is 5.45. The second kappa shape index (κ2) is 7.02. The highest BCUT2D eigenvalue weighted by atomic mass is 16.2. The highest BCUT2D eigenvalue weighted by molar-refractivity contribution is 6.35. The maximum absolute atomic E-state index is 12.3. The third-order valence-electron chi connectivity index (χ3n) is 3.40. The van der Waals surface area contributed by atoms with Gasteiger partial charge in [0.25, 0.3) is 5.91 Å². The lowest BCUT2D eigenvalue weighted by Crippen LogP contribution is -2.54. The Morgan fingerprint density at radius 1 is 1.05 bits per heavy atom. The summed E-state index contributed by atoms with van der Waals surface area (Å²) < 4.78 is 0. The standard InChI is InChI=1S/C15H20N4O3/c1-11(2)17-13(20)15(22)19-9-7-18(8-10-19)14(21)12-3-5-16-6-4-12/h3-6,11H,7-10H2,1-2H3,(H,17,20). The maximum Gasteiger partial charge on any atom is 0.312 e. The van der Waals surface area contributed by atoms with E-state index in [1.54, 1.807) is 43.3 Å². The van der Waals surface area contributed by atoms with Gasteiger partial charge in [0.15, 0.2) is 0 Å². The summed E-state index contributed by atoms with van der Waals surface area (Å²) in [6.45, 7) is 5.17. The van der Waals surface area contributed by atoms with Crippen LogP contribution in [-0.4, -0.2) is 64.7 Å². The summed E-state index contributed by atoms with van der Waals surface area (Å²) in [6.07, 6.45) is 3.15. The van der Waals surface area contributed by atoms with Gasteiger partial charge in [0, 0.05) is 50.2 Å². The number of nitrogens with zero attached hydrogens (tertiary/aromatic N) is 3. The number of piperazine rings is 1. The van der Waals surface area contributed by atoms with Gasteiger partial charge in [-0.3, -0.25) is 19.4 Å². The van der Waals surface area contributed by atoms with Crippen LogP contribution in [0, 0.1) is 0 Å². The molecule has 7 nitrogen and oxygen atoms in total. The molecule has 0 bridgehead atoms. The molecule has 0 aromatic carbocycles. The molecule has 118 valence electrons. The topological polar surface area (TPSA) is 82.6 Å². The van der Waals surface area contributed by atoms with E-state index < -0.39 is 11.8 Å². The largest absolute Gasteiger partial charge is 0.346 e. The summed E-state index contributed by atoms with van der Waals surface area (Å²) in [4.78, 5) is 43.0. The van der Waals surface area contributed by atoms with Gasteiger partial charge in [-0.05, 0) is 26.0 Å². The van der Waals surface area contributed by atoms with Crippen LogP contribution in [0.15, 0.2) is 24.5 Å². The number of hydrogen-bond donors (Lipinski definition) is 1. The van der Waals surface area contributed by atoms with Crippen LogP contribution >= 0.6 is 0 Å². The molecule has 0 aliphatic carbocycles. The summed E-state index contributed by atoms with van der Waals surface area (Å²) in [5.74, 6) is -1.21. The van der Waals surface area contributed by atoms with Crippen molar-refractivity contribution in [1.29, 1.82) is 0 Å². The van der Waals surface area contributed by atoms with Crippen LogP contribution in [0.2, 0.25) is 0 Å². The summed E-state index contributed by atoms with van der Waals surface area (Å²) in [5.41, 5.74) is 0.576. The summed E-state index contributed by atoms with van der Waals surface area (Å²) in [7, 11) is 0. The molecule has 1 aromatic rings. The van der Waals surface area contributed by atoms with Crippen LogP contribution in [0.1, 0.15) is 24.2 Å². The first kappa shape index (κ1) is 15.9. The average molecular weight is 304 g/mol. The van der Waals surface area contributed by atoms with E-state index in [9.17, 15) is 14.4 Å². The molecule has 2 rings (SSSR count). The van der Waals surface area contributed by atoms with E-state index in [0.717, 1.165) is 0 Å². The van der Waals surface area contributed by atoms with E-state index in [-0.39, 0.29) is 11.9 Å². The molecule has 22 heavy (non-hydrogen) atoms. The molecular formula is C15H20N4O3. The maximum atomic E-state index is 12.3. The normalized spacial score (nSPS) is 14.9. The number of amides is 3. The fraction of sp³-hybridized carbons (Fsp3) is 0.467. The number of nitrogens with one attached hydrogen (secondary N) is 1. The van der Waals surface area contributed by atoms with Crippen molar-refractivity contribution in [3.63, 3.8) is 0 Å². The van der Waals surface area contributed by atoms with E-state index in [2.05, 4.69) is 10.3 Å². The molecular weight excluding hydrogens is 284 g/mol. The molecule has 0 spiro atoms. The predicted molar refractivity (Wildman–Crippen MR) is 80.0 cm³/mol. The van der Waals surface area contributed by atoms with Crippen molar-refractivity contribution < 1.29 is 14.4 Å². The average Bonchev–Trinajstić information content (AvgIpc) is 2.54. The molecule has 1 aromatic heterocycles. The first-order chi connectivity index (χ1) is 10.5. The van der Waals surface area contributed by atoms with Crippen molar-refractivity contribution in [1.82, 2.24) is 20.1 Å². The zero-order valence-electron chi connectivity index (χ0n) is 12.8. The number of pyridine rings is 1. The zero-order valence-corrected chi connectivity index (χ0v) is 12.8. The number of aromatic nitrogens is 1. The lowest BCUT2D eigenvalue weighted by Gasteiger charge is -2.34. The van der Waals surface area contributed by atoms with Crippen LogP contribution < -0.4 is 5.32 Å². The molecule has 1 fully saturated rings. The molecule has 3 amide bonds. The third-order valence-corrected chi connectivity index (χ3v) is 3.40. The van der Waals surface area contributed by atoms with Crippen molar-refractivity contribution in [2.24, 2.45) is 0 Å². The van der Waals surface area contributed by atoms with E-state index in [4.69, 9.17) is 0 Å². The number of hydrogen-bond acceptors (Lipinski definition) is 4. The minimum Gasteiger partial charge on any atom is -0.346 e. The van der Waals surface area contributed by atoms with Gasteiger partial charge in [0.1, 0.15) is 0 Å². The number of carbonyl (C=O) groups is 3. The Hall–Kier alpha value is -2.44. The van der Waals surface area contributed by atoms with Crippen LogP contribution in [0.25, 0.3) is 0 Å². The number of rotatable bonds is 2. The van der Waals surface area contributed by atoms with Gasteiger partial charge in [-0.25, -0.2) is 0 Å². The van der Waals surface area contributed by atoms with E-state index in [1.165, 1.54) is 4.90 Å². The Balaban J connectivity index is 1.89. The van der Waals surface area contributed by atoms with Crippen molar-refractivity contribution in [3.8, 4) is 0 Å². The molecule has 1 aliphatic heterocycles. The lowest BCUT2D eigenvalue weighted by atomic mass is 10.2. The van der Waals surface area contributed by atoms with Gasteiger partial charge < -0.3 is 15.1 Å².